The van der Waals surface area contributed by atoms with Gasteiger partial charge >= 0.3 is 0 Å². The zero-order valence-corrected chi connectivity index (χ0v) is 9.65. The molecule has 86 valence electrons. The lowest BCUT2D eigenvalue weighted by Gasteiger charge is -2.09. The highest BCUT2D eigenvalue weighted by Crippen LogP contribution is 2.31. The summed E-state index contributed by atoms with van der Waals surface area (Å²) in [6.07, 6.45) is 1.01. The third-order valence-electron chi connectivity index (χ3n) is 3.24. The maximum atomic E-state index is 5.78. The van der Waals surface area contributed by atoms with Crippen LogP contribution in [0.2, 0.25) is 0 Å². The van der Waals surface area contributed by atoms with E-state index in [4.69, 9.17) is 10.5 Å². The molecule has 0 unspecified atom stereocenters. The van der Waals surface area contributed by atoms with E-state index in [0.717, 1.165) is 18.8 Å². The maximum Gasteiger partial charge on any atom is 0.122 e. The first-order valence-electron chi connectivity index (χ1n) is 5.92. The summed E-state index contributed by atoms with van der Waals surface area (Å²) in [7, 11) is 0. The third kappa shape index (κ3) is 1.81. The number of benzene rings is 2. The summed E-state index contributed by atoms with van der Waals surface area (Å²) < 4.78 is 5.52. The minimum Gasteiger partial charge on any atom is -0.493 e. The van der Waals surface area contributed by atoms with E-state index in [9.17, 15) is 0 Å². The van der Waals surface area contributed by atoms with E-state index >= 15 is 0 Å². The average Bonchev–Trinajstić information content (AvgIpc) is 2.85. The van der Waals surface area contributed by atoms with Crippen LogP contribution in [-0.2, 0) is 13.0 Å². The molecule has 0 fully saturated rings. The lowest BCUT2D eigenvalue weighted by atomic mass is 9.97. The molecule has 1 aliphatic rings. The van der Waals surface area contributed by atoms with Crippen LogP contribution in [0.25, 0.3) is 11.1 Å². The van der Waals surface area contributed by atoms with Gasteiger partial charge < -0.3 is 10.5 Å². The Hall–Kier alpha value is -1.80. The maximum absolute atomic E-state index is 5.78. The molecule has 0 spiro atoms. The number of rotatable bonds is 2. The Bertz CT molecular complexity index is 548. The lowest BCUT2D eigenvalue weighted by molar-refractivity contribution is 0.357. The van der Waals surface area contributed by atoms with E-state index in [2.05, 4.69) is 36.4 Å². The molecule has 0 aromatic heterocycles. The molecule has 0 bridgehead atoms. The van der Waals surface area contributed by atoms with E-state index in [1.165, 1.54) is 22.3 Å². The SMILES string of the molecule is NCc1ccccc1-c1ccc2c(c1)CCO2. The molecule has 0 radical (unpaired) electrons. The first-order chi connectivity index (χ1) is 8.38. The van der Waals surface area contributed by atoms with E-state index in [0.29, 0.717) is 6.54 Å². The quantitative estimate of drug-likeness (QED) is 0.853. The highest BCUT2D eigenvalue weighted by Gasteiger charge is 2.13. The molecule has 0 atom stereocenters. The van der Waals surface area contributed by atoms with Crippen molar-refractivity contribution in [2.24, 2.45) is 5.73 Å². The smallest absolute Gasteiger partial charge is 0.122 e. The average molecular weight is 225 g/mol. The van der Waals surface area contributed by atoms with Crippen LogP contribution in [0.5, 0.6) is 5.75 Å². The van der Waals surface area contributed by atoms with Crippen LogP contribution in [0, 0.1) is 0 Å². The molecule has 1 heterocycles. The summed E-state index contributed by atoms with van der Waals surface area (Å²) in [6.45, 7) is 1.38. The van der Waals surface area contributed by atoms with Gasteiger partial charge in [-0.05, 0) is 34.4 Å². The summed E-state index contributed by atoms with van der Waals surface area (Å²) >= 11 is 0. The van der Waals surface area contributed by atoms with Crippen LogP contribution in [0.3, 0.4) is 0 Å². The molecule has 2 nitrogen and oxygen atoms in total. The van der Waals surface area contributed by atoms with Crippen LogP contribution in [0.15, 0.2) is 42.5 Å². The van der Waals surface area contributed by atoms with Crippen molar-refractivity contribution < 1.29 is 4.74 Å². The largest absolute Gasteiger partial charge is 0.493 e. The molecule has 1 aliphatic heterocycles. The van der Waals surface area contributed by atoms with E-state index in [-0.39, 0.29) is 0 Å². The zero-order valence-electron chi connectivity index (χ0n) is 9.65. The van der Waals surface area contributed by atoms with Gasteiger partial charge in [0.05, 0.1) is 6.61 Å². The second kappa shape index (κ2) is 4.22. The van der Waals surface area contributed by atoms with Crippen LogP contribution >= 0.6 is 0 Å². The van der Waals surface area contributed by atoms with Gasteiger partial charge in [-0.3, -0.25) is 0 Å². The summed E-state index contributed by atoms with van der Waals surface area (Å²) in [4.78, 5) is 0. The molecule has 2 aromatic rings. The van der Waals surface area contributed by atoms with Crippen molar-refractivity contribution in [3.63, 3.8) is 0 Å². The van der Waals surface area contributed by atoms with Gasteiger partial charge in [0.25, 0.3) is 0 Å². The van der Waals surface area contributed by atoms with Crippen molar-refractivity contribution in [2.75, 3.05) is 6.61 Å². The molecule has 3 rings (SSSR count). The molecule has 17 heavy (non-hydrogen) atoms. The molecule has 0 saturated carbocycles. The lowest BCUT2D eigenvalue weighted by Crippen LogP contribution is -1.98. The number of fused-ring (bicyclic) bond motifs is 1. The van der Waals surface area contributed by atoms with Crippen molar-refractivity contribution in [3.8, 4) is 16.9 Å². The predicted octanol–water partition coefficient (Wildman–Crippen LogP) is 2.75. The minimum atomic E-state index is 0.573. The number of nitrogens with two attached hydrogens (primary N) is 1. The Balaban J connectivity index is 2.09. The topological polar surface area (TPSA) is 35.2 Å². The van der Waals surface area contributed by atoms with Crippen molar-refractivity contribution in [2.45, 2.75) is 13.0 Å². The highest BCUT2D eigenvalue weighted by atomic mass is 16.5. The van der Waals surface area contributed by atoms with Crippen molar-refractivity contribution >= 4 is 0 Å². The standard InChI is InChI=1S/C15H15NO/c16-10-13-3-1-2-4-14(13)11-5-6-15-12(9-11)7-8-17-15/h1-6,9H,7-8,10,16H2. The second-order valence-corrected chi connectivity index (χ2v) is 4.28. The zero-order chi connectivity index (χ0) is 11.7. The monoisotopic (exact) mass is 225 g/mol. The fourth-order valence-corrected chi connectivity index (χ4v) is 2.33. The Morgan fingerprint density at radius 3 is 2.88 bits per heavy atom. The molecule has 0 amide bonds. The molecular formula is C15H15NO. The summed E-state index contributed by atoms with van der Waals surface area (Å²) in [5, 5.41) is 0. The van der Waals surface area contributed by atoms with Gasteiger partial charge in [0.2, 0.25) is 0 Å². The van der Waals surface area contributed by atoms with Gasteiger partial charge in [0, 0.05) is 13.0 Å². The molecule has 0 saturated heterocycles. The molecule has 0 aliphatic carbocycles. The first-order valence-corrected chi connectivity index (χ1v) is 5.92. The Morgan fingerprint density at radius 1 is 1.12 bits per heavy atom. The number of hydrogen-bond acceptors (Lipinski definition) is 2. The Kier molecular flexibility index (Phi) is 2.57. The van der Waals surface area contributed by atoms with Crippen molar-refractivity contribution in [1.29, 1.82) is 0 Å². The normalized spacial score (nSPS) is 13.2. The highest BCUT2D eigenvalue weighted by molar-refractivity contribution is 5.69. The number of ether oxygens (including phenoxy) is 1. The Morgan fingerprint density at radius 2 is 2.00 bits per heavy atom. The van der Waals surface area contributed by atoms with E-state index in [1.807, 2.05) is 6.07 Å². The van der Waals surface area contributed by atoms with Gasteiger partial charge in [-0.1, -0.05) is 30.3 Å². The van der Waals surface area contributed by atoms with Gasteiger partial charge in [-0.2, -0.15) is 0 Å². The summed E-state index contributed by atoms with van der Waals surface area (Å²) in [6, 6.07) is 14.7. The molecule has 2 N–H and O–H groups in total. The van der Waals surface area contributed by atoms with Gasteiger partial charge in [0.1, 0.15) is 5.75 Å². The van der Waals surface area contributed by atoms with Crippen LogP contribution < -0.4 is 10.5 Å². The van der Waals surface area contributed by atoms with Crippen LogP contribution in [0.4, 0.5) is 0 Å². The van der Waals surface area contributed by atoms with Crippen LogP contribution in [0.1, 0.15) is 11.1 Å². The molecule has 2 aromatic carbocycles. The van der Waals surface area contributed by atoms with E-state index < -0.39 is 0 Å². The Labute approximate surface area is 101 Å². The minimum absolute atomic E-state index is 0.573. The molecule has 2 heteroatoms. The predicted molar refractivity (Wildman–Crippen MR) is 69.0 cm³/mol. The van der Waals surface area contributed by atoms with Crippen molar-refractivity contribution in [3.05, 3.63) is 53.6 Å². The summed E-state index contributed by atoms with van der Waals surface area (Å²) in [5.74, 6) is 1.03. The van der Waals surface area contributed by atoms with Gasteiger partial charge in [-0.15, -0.1) is 0 Å². The van der Waals surface area contributed by atoms with E-state index in [1.54, 1.807) is 0 Å². The summed E-state index contributed by atoms with van der Waals surface area (Å²) in [5.41, 5.74) is 10.7. The van der Waals surface area contributed by atoms with Crippen molar-refractivity contribution in [1.82, 2.24) is 0 Å². The molecular weight excluding hydrogens is 210 g/mol. The van der Waals surface area contributed by atoms with Crippen LogP contribution in [-0.4, -0.2) is 6.61 Å². The number of hydrogen-bond donors (Lipinski definition) is 1. The fourth-order valence-electron chi connectivity index (χ4n) is 2.33. The first kappa shape index (κ1) is 10.4. The van der Waals surface area contributed by atoms with Gasteiger partial charge in [-0.25, -0.2) is 0 Å². The third-order valence-corrected chi connectivity index (χ3v) is 3.24. The fraction of sp³-hybridized carbons (Fsp3) is 0.200. The van der Waals surface area contributed by atoms with Gasteiger partial charge in [0.15, 0.2) is 0 Å². The second-order valence-electron chi connectivity index (χ2n) is 4.28.